The number of rotatable bonds is 3. The highest BCUT2D eigenvalue weighted by atomic mass is 16.3. The van der Waals surface area contributed by atoms with E-state index in [9.17, 15) is 5.26 Å². The summed E-state index contributed by atoms with van der Waals surface area (Å²) in [5.41, 5.74) is 8.43. The molecule has 2 heterocycles. The lowest BCUT2D eigenvalue weighted by Gasteiger charge is -2.08. The van der Waals surface area contributed by atoms with Crippen molar-refractivity contribution in [3.8, 4) is 39.6 Å². The molecule has 0 N–H and O–H groups in total. The van der Waals surface area contributed by atoms with Crippen molar-refractivity contribution in [2.24, 2.45) is 7.05 Å². The highest BCUT2D eigenvalue weighted by Gasteiger charge is 2.23. The Bertz CT molecular complexity index is 1930. The second-order valence-electron chi connectivity index (χ2n) is 9.07. The molecule has 0 radical (unpaired) electrons. The summed E-state index contributed by atoms with van der Waals surface area (Å²) >= 11 is 0. The SMILES string of the molecule is [2H]C([2H])([2H])c1cc[n+](C)c(-c2c(C)ccc3c2oc2c(-c4cccc(-c5ccccc5)c4)c(C#N)ccc23)c1. The fourth-order valence-electron chi connectivity index (χ4n) is 5.00. The Balaban J connectivity index is 1.65. The molecule has 6 rings (SSSR count). The molecule has 0 amide bonds. The van der Waals surface area contributed by atoms with Crippen LogP contribution in [0.15, 0.2) is 102 Å². The van der Waals surface area contributed by atoms with Gasteiger partial charge in [-0.25, -0.2) is 4.57 Å². The van der Waals surface area contributed by atoms with Crippen LogP contribution in [0.4, 0.5) is 0 Å². The van der Waals surface area contributed by atoms with E-state index in [0.29, 0.717) is 16.7 Å². The van der Waals surface area contributed by atoms with Crippen LogP contribution in [0.2, 0.25) is 0 Å². The Morgan fingerprint density at radius 1 is 0.778 bits per heavy atom. The molecular weight excluding hydrogens is 440 g/mol. The lowest BCUT2D eigenvalue weighted by molar-refractivity contribution is -0.660. The molecule has 4 aromatic carbocycles. The van der Waals surface area contributed by atoms with Crippen LogP contribution >= 0.6 is 0 Å². The molecule has 6 aromatic rings. The molecule has 3 heteroatoms. The number of aryl methyl sites for hydroxylation is 3. The van der Waals surface area contributed by atoms with E-state index in [1.54, 1.807) is 18.3 Å². The standard InChI is InChI=1S/C33H25N2O/c1-21-16-17-35(3)29(18-21)30-22(2)12-14-27-28-15-13-26(20-34)31(33(28)36-32(27)30)25-11-7-10-24(19-25)23-8-5-4-6-9-23/h4-19H,1-3H3/q+1/i1D3. The van der Waals surface area contributed by atoms with Gasteiger partial charge in [0.15, 0.2) is 6.20 Å². The highest BCUT2D eigenvalue weighted by molar-refractivity contribution is 6.14. The summed E-state index contributed by atoms with van der Waals surface area (Å²) in [5.74, 6) is 0. The molecule has 0 aliphatic carbocycles. The van der Waals surface area contributed by atoms with E-state index < -0.39 is 6.85 Å². The van der Waals surface area contributed by atoms with Gasteiger partial charge in [0, 0.05) is 32.6 Å². The van der Waals surface area contributed by atoms with E-state index in [-0.39, 0.29) is 5.56 Å². The molecule has 0 saturated heterocycles. The number of pyridine rings is 1. The van der Waals surface area contributed by atoms with E-state index in [0.717, 1.165) is 49.8 Å². The molecule has 36 heavy (non-hydrogen) atoms. The van der Waals surface area contributed by atoms with Gasteiger partial charge in [0.25, 0.3) is 0 Å². The van der Waals surface area contributed by atoms with Crippen LogP contribution in [0.1, 0.15) is 20.8 Å². The van der Waals surface area contributed by atoms with Crippen molar-refractivity contribution in [2.75, 3.05) is 0 Å². The third-order valence-electron chi connectivity index (χ3n) is 6.80. The Kier molecular flexibility index (Phi) is 4.41. The number of hydrogen-bond donors (Lipinski definition) is 0. The smallest absolute Gasteiger partial charge is 0.216 e. The summed E-state index contributed by atoms with van der Waals surface area (Å²) in [5, 5.41) is 11.9. The van der Waals surface area contributed by atoms with Crippen molar-refractivity contribution < 1.29 is 13.1 Å². The molecule has 3 nitrogen and oxygen atoms in total. The molecule has 0 fully saturated rings. The highest BCUT2D eigenvalue weighted by Crippen LogP contribution is 2.42. The Labute approximate surface area is 214 Å². The summed E-state index contributed by atoms with van der Waals surface area (Å²) in [6, 6.07) is 31.8. The number of nitriles is 1. The van der Waals surface area contributed by atoms with Crippen LogP contribution in [-0.2, 0) is 7.05 Å². The number of fused-ring (bicyclic) bond motifs is 3. The lowest BCUT2D eigenvalue weighted by atomic mass is 9.94. The first-order valence-electron chi connectivity index (χ1n) is 13.3. The summed E-state index contributed by atoms with van der Waals surface area (Å²) in [7, 11) is 1.90. The molecule has 2 aromatic heterocycles. The van der Waals surface area contributed by atoms with Crippen molar-refractivity contribution >= 4 is 21.9 Å². The molecule has 0 saturated carbocycles. The van der Waals surface area contributed by atoms with Gasteiger partial charge in [0.1, 0.15) is 18.2 Å². The van der Waals surface area contributed by atoms with Crippen molar-refractivity contribution in [3.05, 3.63) is 114 Å². The van der Waals surface area contributed by atoms with Gasteiger partial charge in [-0.15, -0.1) is 0 Å². The van der Waals surface area contributed by atoms with E-state index in [2.05, 4.69) is 30.3 Å². The Morgan fingerprint density at radius 3 is 2.28 bits per heavy atom. The molecule has 0 atom stereocenters. The van der Waals surface area contributed by atoms with Gasteiger partial charge in [0.2, 0.25) is 5.69 Å². The van der Waals surface area contributed by atoms with Crippen molar-refractivity contribution in [3.63, 3.8) is 0 Å². The number of benzene rings is 4. The van der Waals surface area contributed by atoms with E-state index in [4.69, 9.17) is 8.53 Å². The Morgan fingerprint density at radius 2 is 1.50 bits per heavy atom. The van der Waals surface area contributed by atoms with Crippen molar-refractivity contribution in [2.45, 2.75) is 13.8 Å². The minimum absolute atomic E-state index is 0.272. The monoisotopic (exact) mass is 468 g/mol. The maximum absolute atomic E-state index is 10.1. The average molecular weight is 469 g/mol. The average Bonchev–Trinajstić information content (AvgIpc) is 3.31. The molecular formula is C33H25N2O+. The fourth-order valence-corrected chi connectivity index (χ4v) is 5.00. The molecule has 0 aliphatic rings. The minimum atomic E-state index is -2.22. The van der Waals surface area contributed by atoms with Crippen molar-refractivity contribution in [1.82, 2.24) is 0 Å². The van der Waals surface area contributed by atoms with Crippen LogP contribution in [0, 0.1) is 25.1 Å². The van der Waals surface area contributed by atoms with Gasteiger partial charge >= 0.3 is 0 Å². The largest absolute Gasteiger partial charge is 0.454 e. The van der Waals surface area contributed by atoms with E-state index in [1.807, 2.05) is 73.1 Å². The third kappa shape index (κ3) is 3.47. The zero-order chi connectivity index (χ0) is 27.3. The van der Waals surface area contributed by atoms with Gasteiger partial charge in [-0.1, -0.05) is 60.7 Å². The fraction of sp³-hybridized carbons (Fsp3) is 0.0909. The first-order chi connectivity index (χ1) is 18.8. The van der Waals surface area contributed by atoms with Crippen molar-refractivity contribution in [1.29, 1.82) is 5.26 Å². The van der Waals surface area contributed by atoms with Crippen LogP contribution in [0.25, 0.3) is 55.4 Å². The second-order valence-corrected chi connectivity index (χ2v) is 9.07. The molecule has 0 spiro atoms. The van der Waals surface area contributed by atoms with Gasteiger partial charge in [0.05, 0.1) is 17.2 Å². The number of aromatic nitrogens is 1. The zero-order valence-corrected chi connectivity index (χ0v) is 20.0. The van der Waals surface area contributed by atoms with Gasteiger partial charge in [-0.05, 0) is 59.8 Å². The first-order valence-corrected chi connectivity index (χ1v) is 11.8. The molecule has 0 aliphatic heterocycles. The quantitative estimate of drug-likeness (QED) is 0.248. The predicted octanol–water partition coefficient (Wildman–Crippen LogP) is 7.90. The topological polar surface area (TPSA) is 40.8 Å². The summed E-state index contributed by atoms with van der Waals surface area (Å²) < 4.78 is 32.4. The van der Waals surface area contributed by atoms with Crippen LogP contribution < -0.4 is 4.57 Å². The minimum Gasteiger partial charge on any atom is -0.454 e. The summed E-state index contributed by atoms with van der Waals surface area (Å²) in [4.78, 5) is 0. The third-order valence-corrected chi connectivity index (χ3v) is 6.80. The number of furan rings is 1. The summed E-state index contributed by atoms with van der Waals surface area (Å²) in [6.45, 7) is -0.230. The zero-order valence-electron chi connectivity index (χ0n) is 23.0. The van der Waals surface area contributed by atoms with E-state index in [1.165, 1.54) is 0 Å². The predicted molar refractivity (Wildman–Crippen MR) is 145 cm³/mol. The van der Waals surface area contributed by atoms with Crippen LogP contribution in [-0.4, -0.2) is 0 Å². The Hall–Kier alpha value is -4.68. The maximum atomic E-state index is 10.1. The first kappa shape index (κ1) is 18.6. The molecule has 172 valence electrons. The number of nitrogens with zero attached hydrogens (tertiary/aromatic N) is 2. The second kappa shape index (κ2) is 8.52. The van der Waals surface area contributed by atoms with Gasteiger partial charge in [-0.2, -0.15) is 5.26 Å². The van der Waals surface area contributed by atoms with Gasteiger partial charge in [-0.3, -0.25) is 0 Å². The van der Waals surface area contributed by atoms with Gasteiger partial charge < -0.3 is 4.42 Å². The molecule has 0 bridgehead atoms. The lowest BCUT2D eigenvalue weighted by Crippen LogP contribution is -2.30. The molecule has 0 unspecified atom stereocenters. The van der Waals surface area contributed by atoms with E-state index >= 15 is 0 Å². The number of hydrogen-bond acceptors (Lipinski definition) is 2. The maximum Gasteiger partial charge on any atom is 0.216 e. The van der Waals surface area contributed by atoms with Crippen LogP contribution in [0.3, 0.4) is 0 Å². The van der Waals surface area contributed by atoms with Crippen LogP contribution in [0.5, 0.6) is 0 Å². The summed E-state index contributed by atoms with van der Waals surface area (Å²) in [6.07, 6.45) is 1.77. The normalized spacial score (nSPS) is 12.8.